The molecule has 16 heavy (non-hydrogen) atoms. The fourth-order valence-electron chi connectivity index (χ4n) is 1.60. The average molecular weight is 221 g/mol. The van der Waals surface area contributed by atoms with Crippen LogP contribution in [0.15, 0.2) is 24.3 Å². The molecular formula is C14H23NO. The zero-order valence-corrected chi connectivity index (χ0v) is 10.5. The number of nitrogens with one attached hydrogen (secondary N) is 1. The van der Waals surface area contributed by atoms with E-state index in [0.29, 0.717) is 12.0 Å². The van der Waals surface area contributed by atoms with Gasteiger partial charge in [0.1, 0.15) is 0 Å². The van der Waals surface area contributed by atoms with Crippen molar-refractivity contribution in [2.75, 3.05) is 13.2 Å². The molecule has 0 heterocycles. The van der Waals surface area contributed by atoms with Crippen LogP contribution in [0.3, 0.4) is 0 Å². The third-order valence-corrected chi connectivity index (χ3v) is 2.97. The van der Waals surface area contributed by atoms with E-state index in [-0.39, 0.29) is 6.61 Å². The fourth-order valence-corrected chi connectivity index (χ4v) is 1.60. The Morgan fingerprint density at radius 2 is 1.81 bits per heavy atom. The van der Waals surface area contributed by atoms with Crippen LogP contribution in [0.1, 0.15) is 37.9 Å². The molecule has 0 radical (unpaired) electrons. The molecule has 1 aromatic rings. The topological polar surface area (TPSA) is 32.3 Å². The maximum absolute atomic E-state index is 8.95. The highest BCUT2D eigenvalue weighted by molar-refractivity contribution is 5.24. The number of benzene rings is 1. The van der Waals surface area contributed by atoms with Gasteiger partial charge in [0.2, 0.25) is 0 Å². The fraction of sp³-hybridized carbons (Fsp3) is 0.571. The molecule has 0 fully saturated rings. The first-order valence-electron chi connectivity index (χ1n) is 6.10. The molecule has 0 spiro atoms. The lowest BCUT2D eigenvalue weighted by Gasteiger charge is -2.17. The minimum atomic E-state index is 0.245. The van der Waals surface area contributed by atoms with Crippen LogP contribution in [0.25, 0.3) is 0 Å². The van der Waals surface area contributed by atoms with Gasteiger partial charge in [-0.1, -0.05) is 38.1 Å². The molecular weight excluding hydrogens is 198 g/mol. The number of aliphatic hydroxyl groups is 1. The summed E-state index contributed by atoms with van der Waals surface area (Å²) in [5, 5.41) is 12.4. The molecule has 0 aliphatic rings. The average Bonchev–Trinajstić information content (AvgIpc) is 2.35. The lowest BCUT2D eigenvalue weighted by molar-refractivity contribution is 0.231. The van der Waals surface area contributed by atoms with Gasteiger partial charge in [-0.2, -0.15) is 0 Å². The molecule has 2 nitrogen and oxygen atoms in total. The van der Waals surface area contributed by atoms with Gasteiger partial charge in [-0.3, -0.25) is 0 Å². The third-order valence-electron chi connectivity index (χ3n) is 2.97. The minimum absolute atomic E-state index is 0.245. The van der Waals surface area contributed by atoms with Crippen molar-refractivity contribution in [3.8, 4) is 0 Å². The molecule has 2 atom stereocenters. The van der Waals surface area contributed by atoms with Crippen LogP contribution < -0.4 is 5.32 Å². The van der Waals surface area contributed by atoms with E-state index in [9.17, 15) is 0 Å². The highest BCUT2D eigenvalue weighted by atomic mass is 16.3. The van der Waals surface area contributed by atoms with Gasteiger partial charge in [-0.05, 0) is 30.4 Å². The molecule has 0 saturated carbocycles. The second-order valence-corrected chi connectivity index (χ2v) is 4.51. The van der Waals surface area contributed by atoms with E-state index in [1.165, 1.54) is 11.1 Å². The summed E-state index contributed by atoms with van der Waals surface area (Å²) < 4.78 is 0. The van der Waals surface area contributed by atoms with Gasteiger partial charge in [0.15, 0.2) is 0 Å². The van der Waals surface area contributed by atoms with Crippen molar-refractivity contribution < 1.29 is 5.11 Å². The zero-order valence-electron chi connectivity index (χ0n) is 10.5. The molecule has 0 saturated heterocycles. The number of aliphatic hydroxyl groups excluding tert-OH is 1. The van der Waals surface area contributed by atoms with Gasteiger partial charge in [0.05, 0.1) is 0 Å². The molecule has 0 aliphatic heterocycles. The Hall–Kier alpha value is -0.860. The molecule has 2 heteroatoms. The summed E-state index contributed by atoms with van der Waals surface area (Å²) in [4.78, 5) is 0. The van der Waals surface area contributed by atoms with E-state index in [2.05, 4.69) is 43.4 Å². The van der Waals surface area contributed by atoms with Gasteiger partial charge in [0, 0.05) is 19.2 Å². The lowest BCUT2D eigenvalue weighted by atomic mass is 10.0. The Morgan fingerprint density at radius 1 is 1.19 bits per heavy atom. The van der Waals surface area contributed by atoms with Crippen LogP contribution in [0.5, 0.6) is 0 Å². The molecule has 0 amide bonds. The summed E-state index contributed by atoms with van der Waals surface area (Å²) in [7, 11) is 0. The summed E-state index contributed by atoms with van der Waals surface area (Å²) in [6.07, 6.45) is 1.09. The molecule has 90 valence electrons. The van der Waals surface area contributed by atoms with Crippen LogP contribution >= 0.6 is 0 Å². The molecule has 0 aromatic heterocycles. The summed E-state index contributed by atoms with van der Waals surface area (Å²) >= 11 is 0. The first-order valence-corrected chi connectivity index (χ1v) is 6.10. The summed E-state index contributed by atoms with van der Waals surface area (Å²) in [6.45, 7) is 7.46. The third kappa shape index (κ3) is 3.95. The van der Waals surface area contributed by atoms with Crippen molar-refractivity contribution >= 4 is 0 Å². The molecule has 1 rings (SSSR count). The summed E-state index contributed by atoms with van der Waals surface area (Å²) in [5.74, 6) is 0.317. The summed E-state index contributed by atoms with van der Waals surface area (Å²) in [5.41, 5.74) is 2.68. The van der Waals surface area contributed by atoms with Gasteiger partial charge in [-0.15, -0.1) is 0 Å². The smallest absolute Gasteiger partial charge is 0.0468 e. The Labute approximate surface area is 98.7 Å². The van der Waals surface area contributed by atoms with Crippen LogP contribution in [0.2, 0.25) is 0 Å². The lowest BCUT2D eigenvalue weighted by Crippen LogP contribution is -2.26. The SMILES string of the molecule is CCc1ccc(C(C)NCC(C)CO)cc1. The van der Waals surface area contributed by atoms with Crippen LogP contribution in [-0.4, -0.2) is 18.3 Å². The Balaban J connectivity index is 2.49. The van der Waals surface area contributed by atoms with Crippen molar-refractivity contribution in [3.63, 3.8) is 0 Å². The highest BCUT2D eigenvalue weighted by Gasteiger charge is 2.06. The van der Waals surface area contributed by atoms with Crippen LogP contribution in [0, 0.1) is 5.92 Å². The van der Waals surface area contributed by atoms with Crippen LogP contribution in [-0.2, 0) is 6.42 Å². The maximum Gasteiger partial charge on any atom is 0.0468 e. The monoisotopic (exact) mass is 221 g/mol. The normalized spacial score (nSPS) is 14.8. The zero-order chi connectivity index (χ0) is 12.0. The number of aryl methyl sites for hydroxylation is 1. The first kappa shape index (κ1) is 13.2. The predicted molar refractivity (Wildman–Crippen MR) is 68.5 cm³/mol. The number of hydrogen-bond donors (Lipinski definition) is 2. The van der Waals surface area contributed by atoms with Crippen molar-refractivity contribution in [1.29, 1.82) is 0 Å². The molecule has 2 N–H and O–H groups in total. The Morgan fingerprint density at radius 3 is 2.31 bits per heavy atom. The van der Waals surface area contributed by atoms with Crippen molar-refractivity contribution in [3.05, 3.63) is 35.4 Å². The Bertz CT molecular complexity index is 294. The molecule has 2 unspecified atom stereocenters. The van der Waals surface area contributed by atoms with Gasteiger partial charge >= 0.3 is 0 Å². The van der Waals surface area contributed by atoms with Crippen molar-refractivity contribution in [2.45, 2.75) is 33.2 Å². The van der Waals surface area contributed by atoms with Crippen molar-refractivity contribution in [1.82, 2.24) is 5.32 Å². The summed E-state index contributed by atoms with van der Waals surface area (Å²) in [6, 6.07) is 9.08. The van der Waals surface area contributed by atoms with E-state index in [4.69, 9.17) is 5.11 Å². The van der Waals surface area contributed by atoms with Gasteiger partial charge < -0.3 is 10.4 Å². The van der Waals surface area contributed by atoms with E-state index < -0.39 is 0 Å². The van der Waals surface area contributed by atoms with E-state index in [1.54, 1.807) is 0 Å². The first-order chi connectivity index (χ1) is 7.67. The van der Waals surface area contributed by atoms with Gasteiger partial charge in [-0.25, -0.2) is 0 Å². The quantitative estimate of drug-likeness (QED) is 0.773. The standard InChI is InChI=1S/C14H23NO/c1-4-13-5-7-14(8-6-13)12(3)15-9-11(2)10-16/h5-8,11-12,15-16H,4,9-10H2,1-3H3. The van der Waals surface area contributed by atoms with E-state index in [1.807, 2.05) is 6.92 Å². The van der Waals surface area contributed by atoms with Gasteiger partial charge in [0.25, 0.3) is 0 Å². The predicted octanol–water partition coefficient (Wildman–Crippen LogP) is 2.53. The maximum atomic E-state index is 8.95. The largest absolute Gasteiger partial charge is 0.396 e. The second-order valence-electron chi connectivity index (χ2n) is 4.51. The molecule has 0 aliphatic carbocycles. The highest BCUT2D eigenvalue weighted by Crippen LogP contribution is 2.13. The van der Waals surface area contributed by atoms with Crippen LogP contribution in [0.4, 0.5) is 0 Å². The van der Waals surface area contributed by atoms with E-state index >= 15 is 0 Å². The van der Waals surface area contributed by atoms with Crippen molar-refractivity contribution in [2.24, 2.45) is 5.92 Å². The Kier molecular flexibility index (Phi) is 5.50. The number of hydrogen-bond acceptors (Lipinski definition) is 2. The van der Waals surface area contributed by atoms with E-state index in [0.717, 1.165) is 13.0 Å². The molecule has 0 bridgehead atoms. The minimum Gasteiger partial charge on any atom is -0.396 e. The molecule has 1 aromatic carbocycles. The second kappa shape index (κ2) is 6.66. The number of rotatable bonds is 6.